The zero-order valence-corrected chi connectivity index (χ0v) is 17.7. The number of carbonyl (C=O) groups excluding carboxylic acids is 1. The van der Waals surface area contributed by atoms with Gasteiger partial charge in [-0.3, -0.25) is 15.3 Å². The molecule has 0 aliphatic heterocycles. The fourth-order valence-electron chi connectivity index (χ4n) is 2.98. The largest absolute Gasteiger partial charge is 0.313 e. The van der Waals surface area contributed by atoms with E-state index < -0.39 is 11.2 Å². The van der Waals surface area contributed by atoms with Crippen molar-refractivity contribution in [2.24, 2.45) is 16.8 Å². The summed E-state index contributed by atoms with van der Waals surface area (Å²) in [6.45, 7) is 15.3. The predicted molar refractivity (Wildman–Crippen MR) is 111 cm³/mol. The van der Waals surface area contributed by atoms with Crippen molar-refractivity contribution in [3.8, 4) is 0 Å². The molecule has 2 atom stereocenters. The molecule has 6 heteroatoms. The Balaban J connectivity index is 4.81. The van der Waals surface area contributed by atoms with Crippen LogP contribution < -0.4 is 21.5 Å². The van der Waals surface area contributed by atoms with Crippen molar-refractivity contribution in [2.75, 3.05) is 13.1 Å². The Kier molecular flexibility index (Phi) is 11.9. The minimum Gasteiger partial charge on any atom is -0.313 e. The number of Topliss-reactive ketones (excluding diaryl/α,β-unsaturated/α-hetero) is 1. The van der Waals surface area contributed by atoms with Gasteiger partial charge in [0.2, 0.25) is 0 Å². The quantitative estimate of drug-likeness (QED) is 0.201. The molecule has 0 fully saturated rings. The molecule has 0 rings (SSSR count). The van der Waals surface area contributed by atoms with E-state index in [1.165, 1.54) is 11.9 Å². The van der Waals surface area contributed by atoms with Crippen molar-refractivity contribution >= 4 is 17.7 Å². The Morgan fingerprint density at radius 2 is 1.72 bits per heavy atom. The van der Waals surface area contributed by atoms with E-state index in [1.54, 1.807) is 0 Å². The standard InChI is InChI=1S/C19H40N4OS/c1-7-16(25-21)12-15(6)13-22-18(8-2,9-3)17(24)14-23-19(20,10-4)11-5/h7,15-16,22-23H,1,8-14,20-21H2,2-6H3. The second-order valence-electron chi connectivity index (χ2n) is 7.06. The summed E-state index contributed by atoms with van der Waals surface area (Å²) in [4.78, 5) is 12.9. The van der Waals surface area contributed by atoms with E-state index >= 15 is 0 Å². The lowest BCUT2D eigenvalue weighted by Crippen LogP contribution is -2.60. The summed E-state index contributed by atoms with van der Waals surface area (Å²) < 4.78 is 0. The summed E-state index contributed by atoms with van der Waals surface area (Å²) in [6.07, 6.45) is 5.97. The number of nitrogens with two attached hydrogens (primary N) is 2. The van der Waals surface area contributed by atoms with Crippen LogP contribution in [0.1, 0.15) is 66.7 Å². The van der Waals surface area contributed by atoms with E-state index in [2.05, 4.69) is 38.0 Å². The van der Waals surface area contributed by atoms with Crippen LogP contribution >= 0.6 is 11.9 Å². The van der Waals surface area contributed by atoms with Crippen molar-refractivity contribution in [3.05, 3.63) is 12.7 Å². The van der Waals surface area contributed by atoms with Crippen LogP contribution in [0.25, 0.3) is 0 Å². The van der Waals surface area contributed by atoms with Crippen molar-refractivity contribution in [1.82, 2.24) is 10.6 Å². The average Bonchev–Trinajstić information content (AvgIpc) is 2.65. The molecule has 0 saturated heterocycles. The SMILES string of the molecule is C=CC(CC(C)CNC(CC)(CC)C(=O)CNC(N)(CC)CC)SN. The molecule has 0 aromatic carbocycles. The smallest absolute Gasteiger partial charge is 0.166 e. The van der Waals surface area contributed by atoms with Gasteiger partial charge >= 0.3 is 0 Å². The molecule has 0 heterocycles. The first kappa shape index (κ1) is 24.6. The molecule has 0 spiro atoms. The molecule has 0 bridgehead atoms. The van der Waals surface area contributed by atoms with Gasteiger partial charge in [-0.25, -0.2) is 0 Å². The highest BCUT2D eigenvalue weighted by molar-refractivity contribution is 7.97. The van der Waals surface area contributed by atoms with Gasteiger partial charge in [0.05, 0.1) is 17.7 Å². The lowest BCUT2D eigenvalue weighted by atomic mass is 9.86. The molecule has 0 aliphatic rings. The molecule has 5 nitrogen and oxygen atoms in total. The Labute approximate surface area is 159 Å². The van der Waals surface area contributed by atoms with Gasteiger partial charge in [-0.2, -0.15) is 0 Å². The van der Waals surface area contributed by atoms with Crippen LogP contribution in [0.3, 0.4) is 0 Å². The van der Waals surface area contributed by atoms with E-state index in [9.17, 15) is 4.79 Å². The van der Waals surface area contributed by atoms with Gasteiger partial charge in [0.25, 0.3) is 0 Å². The summed E-state index contributed by atoms with van der Waals surface area (Å²) in [5.41, 5.74) is 5.31. The minimum absolute atomic E-state index is 0.190. The third kappa shape index (κ3) is 7.79. The molecule has 6 N–H and O–H groups in total. The maximum absolute atomic E-state index is 12.9. The lowest BCUT2D eigenvalue weighted by molar-refractivity contribution is -0.125. The molecule has 0 saturated carbocycles. The second-order valence-corrected chi connectivity index (χ2v) is 7.94. The Hall–Kier alpha value is -0.400. The van der Waals surface area contributed by atoms with Gasteiger partial charge in [-0.05, 0) is 44.6 Å². The average molecular weight is 373 g/mol. The molecule has 0 aromatic heterocycles. The van der Waals surface area contributed by atoms with Crippen LogP contribution in [0.5, 0.6) is 0 Å². The van der Waals surface area contributed by atoms with Crippen LogP contribution in [0.2, 0.25) is 0 Å². The van der Waals surface area contributed by atoms with Crippen LogP contribution in [0, 0.1) is 5.92 Å². The molecule has 0 aliphatic carbocycles. The van der Waals surface area contributed by atoms with Gasteiger partial charge in [0.15, 0.2) is 5.78 Å². The maximum Gasteiger partial charge on any atom is 0.166 e. The minimum atomic E-state index is -0.497. The van der Waals surface area contributed by atoms with Gasteiger partial charge in [-0.1, -0.05) is 52.6 Å². The lowest BCUT2D eigenvalue weighted by Gasteiger charge is -2.35. The number of ketones is 1. The molecular weight excluding hydrogens is 332 g/mol. The first-order valence-corrected chi connectivity index (χ1v) is 10.5. The first-order chi connectivity index (χ1) is 11.8. The van der Waals surface area contributed by atoms with Crippen molar-refractivity contribution in [3.63, 3.8) is 0 Å². The number of nitrogens with one attached hydrogen (secondary N) is 2. The highest BCUT2D eigenvalue weighted by Crippen LogP contribution is 2.20. The first-order valence-electron chi connectivity index (χ1n) is 9.56. The fraction of sp³-hybridized carbons (Fsp3) is 0.842. The van der Waals surface area contributed by atoms with Crippen LogP contribution in [-0.4, -0.2) is 35.3 Å². The van der Waals surface area contributed by atoms with E-state index in [0.717, 1.165) is 38.6 Å². The Morgan fingerprint density at radius 1 is 1.16 bits per heavy atom. The van der Waals surface area contributed by atoms with Crippen molar-refractivity contribution in [1.29, 1.82) is 0 Å². The highest BCUT2D eigenvalue weighted by Gasteiger charge is 2.35. The van der Waals surface area contributed by atoms with E-state index in [-0.39, 0.29) is 11.0 Å². The second kappa shape index (κ2) is 12.1. The van der Waals surface area contributed by atoms with Gasteiger partial charge < -0.3 is 11.1 Å². The molecule has 25 heavy (non-hydrogen) atoms. The summed E-state index contributed by atoms with van der Waals surface area (Å²) in [5, 5.41) is 12.7. The summed E-state index contributed by atoms with van der Waals surface area (Å²) in [7, 11) is 0. The van der Waals surface area contributed by atoms with Crippen molar-refractivity contribution in [2.45, 2.75) is 83.2 Å². The summed E-state index contributed by atoms with van der Waals surface area (Å²) >= 11 is 1.33. The zero-order chi connectivity index (χ0) is 19.5. The van der Waals surface area contributed by atoms with Crippen LogP contribution in [-0.2, 0) is 4.79 Å². The molecule has 0 radical (unpaired) electrons. The monoisotopic (exact) mass is 372 g/mol. The Morgan fingerprint density at radius 3 is 2.12 bits per heavy atom. The Bertz CT molecular complexity index is 395. The van der Waals surface area contributed by atoms with Crippen LogP contribution in [0.4, 0.5) is 0 Å². The topological polar surface area (TPSA) is 93.2 Å². The normalized spacial score (nSPS) is 15.0. The number of rotatable bonds is 15. The van der Waals surface area contributed by atoms with Gasteiger partial charge in [-0.15, -0.1) is 6.58 Å². The molecular formula is C19H40N4OS. The van der Waals surface area contributed by atoms with Gasteiger partial charge in [0, 0.05) is 5.25 Å². The molecule has 0 amide bonds. The molecule has 2 unspecified atom stereocenters. The summed E-state index contributed by atoms with van der Waals surface area (Å²) in [6, 6.07) is 0. The zero-order valence-electron chi connectivity index (χ0n) is 16.9. The number of hydrogen-bond acceptors (Lipinski definition) is 6. The summed E-state index contributed by atoms with van der Waals surface area (Å²) in [5.74, 6) is 0.604. The third-order valence-electron chi connectivity index (χ3n) is 5.46. The van der Waals surface area contributed by atoms with E-state index in [0.29, 0.717) is 12.5 Å². The fourth-order valence-corrected chi connectivity index (χ4v) is 3.53. The molecule has 0 aromatic rings. The molecule has 148 valence electrons. The number of carbonyl (C=O) groups is 1. The number of hydrogen-bond donors (Lipinski definition) is 4. The van der Waals surface area contributed by atoms with Crippen molar-refractivity contribution < 1.29 is 4.79 Å². The van der Waals surface area contributed by atoms with E-state index in [1.807, 2.05) is 19.9 Å². The maximum atomic E-state index is 12.9. The van der Waals surface area contributed by atoms with E-state index in [4.69, 9.17) is 10.9 Å². The third-order valence-corrected chi connectivity index (χ3v) is 6.20. The highest BCUT2D eigenvalue weighted by atomic mass is 32.2. The van der Waals surface area contributed by atoms with Crippen LogP contribution in [0.15, 0.2) is 12.7 Å². The van der Waals surface area contributed by atoms with Gasteiger partial charge in [0.1, 0.15) is 0 Å². The predicted octanol–water partition coefficient (Wildman–Crippen LogP) is 2.96.